The van der Waals surface area contributed by atoms with Crippen molar-refractivity contribution in [1.29, 1.82) is 0 Å². The lowest BCUT2D eigenvalue weighted by Crippen LogP contribution is -2.18. The molecule has 12 heteroatoms. The fraction of sp³-hybridized carbons (Fsp3) is 0.111. The number of anilines is 1. The number of nitrogens with zero attached hydrogens (tertiary/aromatic N) is 4. The van der Waals surface area contributed by atoms with Gasteiger partial charge >= 0.3 is 0 Å². The van der Waals surface area contributed by atoms with Gasteiger partial charge < -0.3 is 15.9 Å². The van der Waals surface area contributed by atoms with E-state index in [0.29, 0.717) is 32.1 Å². The molecular formula is C18H14F2N6O2S2. The number of nitrogens with one attached hydrogen (secondary N) is 1. The van der Waals surface area contributed by atoms with Crippen molar-refractivity contribution in [3.63, 3.8) is 0 Å². The summed E-state index contributed by atoms with van der Waals surface area (Å²) in [6.07, 6.45) is 0. The first-order valence-corrected chi connectivity index (χ1v) is 10.3. The van der Waals surface area contributed by atoms with E-state index in [-0.39, 0.29) is 29.9 Å². The van der Waals surface area contributed by atoms with E-state index < -0.39 is 0 Å². The molecule has 0 spiro atoms. The second kappa shape index (κ2) is 8.63. The summed E-state index contributed by atoms with van der Waals surface area (Å²) in [5.74, 6) is 5.74. The fourth-order valence-corrected chi connectivity index (χ4v) is 4.00. The Balaban J connectivity index is 1.31. The van der Waals surface area contributed by atoms with Crippen LogP contribution in [-0.2, 0) is 11.4 Å². The quantitative estimate of drug-likeness (QED) is 0.330. The van der Waals surface area contributed by atoms with Crippen LogP contribution in [0.2, 0.25) is 0 Å². The van der Waals surface area contributed by atoms with Gasteiger partial charge in [-0.05, 0) is 42.5 Å². The molecule has 0 aliphatic heterocycles. The van der Waals surface area contributed by atoms with Crippen molar-refractivity contribution in [1.82, 2.24) is 19.9 Å². The van der Waals surface area contributed by atoms with Gasteiger partial charge in [-0.1, -0.05) is 23.1 Å². The van der Waals surface area contributed by atoms with Crippen LogP contribution in [0, 0.1) is 11.6 Å². The molecule has 3 N–H and O–H groups in total. The van der Waals surface area contributed by atoms with Crippen LogP contribution in [0.4, 0.5) is 13.9 Å². The second-order valence-corrected chi connectivity index (χ2v) is 7.95. The number of aromatic nitrogens is 4. The predicted molar refractivity (Wildman–Crippen MR) is 110 cm³/mol. The van der Waals surface area contributed by atoms with Crippen LogP contribution in [0.15, 0.2) is 47.6 Å². The Morgan fingerprint density at radius 1 is 1.17 bits per heavy atom. The first-order chi connectivity index (χ1) is 14.5. The van der Waals surface area contributed by atoms with E-state index in [1.165, 1.54) is 52.4 Å². The molecule has 2 aromatic carbocycles. The summed E-state index contributed by atoms with van der Waals surface area (Å²) in [6, 6.07) is 9.78. The molecule has 1 amide bonds. The van der Waals surface area contributed by atoms with Gasteiger partial charge in [0.15, 0.2) is 11.0 Å². The number of thioether (sulfide) groups is 1. The highest BCUT2D eigenvalue weighted by Gasteiger charge is 2.14. The normalized spacial score (nSPS) is 11.0. The van der Waals surface area contributed by atoms with Crippen molar-refractivity contribution in [3.8, 4) is 5.75 Å². The summed E-state index contributed by atoms with van der Waals surface area (Å²) in [4.78, 5) is 16.4. The van der Waals surface area contributed by atoms with Crippen molar-refractivity contribution in [2.45, 2.75) is 11.8 Å². The average molecular weight is 448 g/mol. The first-order valence-electron chi connectivity index (χ1n) is 8.54. The molecule has 0 bridgehead atoms. The zero-order valence-electron chi connectivity index (χ0n) is 15.2. The third-order valence-corrected chi connectivity index (χ3v) is 5.72. The van der Waals surface area contributed by atoms with E-state index >= 15 is 0 Å². The van der Waals surface area contributed by atoms with E-state index in [9.17, 15) is 13.6 Å². The van der Waals surface area contributed by atoms with Crippen molar-refractivity contribution in [2.24, 2.45) is 0 Å². The number of nitrogens with two attached hydrogens (primary N) is 1. The van der Waals surface area contributed by atoms with Crippen LogP contribution in [-0.4, -0.2) is 31.5 Å². The number of ether oxygens (including phenoxy) is 1. The molecule has 2 aromatic heterocycles. The number of thiazole rings is 1. The largest absolute Gasteiger partial charge is 0.486 e. The van der Waals surface area contributed by atoms with E-state index in [0.717, 1.165) is 11.8 Å². The summed E-state index contributed by atoms with van der Waals surface area (Å²) in [7, 11) is 0. The second-order valence-electron chi connectivity index (χ2n) is 5.98. The summed E-state index contributed by atoms with van der Waals surface area (Å²) in [5.41, 5.74) is 0.608. The van der Waals surface area contributed by atoms with Crippen molar-refractivity contribution in [3.05, 3.63) is 59.9 Å². The minimum atomic E-state index is -0.362. The Morgan fingerprint density at radius 3 is 2.73 bits per heavy atom. The van der Waals surface area contributed by atoms with E-state index in [1.54, 1.807) is 6.07 Å². The topological polar surface area (TPSA) is 108 Å². The maximum absolute atomic E-state index is 13.3. The molecule has 154 valence electrons. The minimum Gasteiger partial charge on any atom is -0.486 e. The lowest BCUT2D eigenvalue weighted by atomic mass is 10.3. The van der Waals surface area contributed by atoms with Crippen LogP contribution in [0.25, 0.3) is 10.2 Å². The van der Waals surface area contributed by atoms with Crippen molar-refractivity contribution >= 4 is 44.4 Å². The molecule has 30 heavy (non-hydrogen) atoms. The molecular weight excluding hydrogens is 434 g/mol. The highest BCUT2D eigenvalue weighted by Crippen LogP contribution is 2.26. The highest BCUT2D eigenvalue weighted by atomic mass is 32.2. The molecule has 4 aromatic rings. The lowest BCUT2D eigenvalue weighted by molar-refractivity contribution is -0.113. The number of nitrogen functional groups attached to an aromatic ring is 1. The van der Waals surface area contributed by atoms with Crippen LogP contribution >= 0.6 is 23.1 Å². The molecule has 0 saturated heterocycles. The van der Waals surface area contributed by atoms with Crippen LogP contribution in [0.1, 0.15) is 5.82 Å². The predicted octanol–water partition coefficient (Wildman–Crippen LogP) is 3.19. The zero-order chi connectivity index (χ0) is 21.1. The van der Waals surface area contributed by atoms with Gasteiger partial charge in [0.2, 0.25) is 11.1 Å². The monoisotopic (exact) mass is 448 g/mol. The number of hydrogen-bond acceptors (Lipinski definition) is 8. The van der Waals surface area contributed by atoms with Gasteiger partial charge in [0, 0.05) is 0 Å². The molecule has 0 fully saturated rings. The number of halogens is 2. The van der Waals surface area contributed by atoms with Gasteiger partial charge in [-0.2, -0.15) is 0 Å². The van der Waals surface area contributed by atoms with E-state index in [1.807, 2.05) is 0 Å². The van der Waals surface area contributed by atoms with Crippen LogP contribution in [0.3, 0.4) is 0 Å². The molecule has 0 unspecified atom stereocenters. The molecule has 2 heterocycles. The van der Waals surface area contributed by atoms with Gasteiger partial charge in [-0.25, -0.2) is 18.4 Å². The van der Waals surface area contributed by atoms with Gasteiger partial charge in [0.05, 0.1) is 16.0 Å². The Hall–Kier alpha value is -3.25. The molecule has 0 aliphatic rings. The SMILES string of the molecule is Nn1c(COc2ccc(F)cc2)nnc1SCC(=O)Nc1nc2ccc(F)cc2s1. The third-order valence-electron chi connectivity index (χ3n) is 3.85. The van der Waals surface area contributed by atoms with Gasteiger partial charge in [-0.3, -0.25) is 4.79 Å². The summed E-state index contributed by atoms with van der Waals surface area (Å²) >= 11 is 2.28. The molecule has 4 rings (SSSR count). The Kier molecular flexibility index (Phi) is 5.77. The van der Waals surface area contributed by atoms with Gasteiger partial charge in [0.25, 0.3) is 0 Å². The Labute approximate surface area is 177 Å². The Bertz CT molecular complexity index is 1200. The van der Waals surface area contributed by atoms with Crippen molar-refractivity contribution < 1.29 is 18.3 Å². The Morgan fingerprint density at radius 2 is 1.93 bits per heavy atom. The number of rotatable bonds is 7. The number of fused-ring (bicyclic) bond motifs is 1. The maximum Gasteiger partial charge on any atom is 0.236 e. The molecule has 8 nitrogen and oxygen atoms in total. The molecule has 0 atom stereocenters. The number of hydrogen-bond donors (Lipinski definition) is 2. The first kappa shape index (κ1) is 20.0. The number of carbonyl (C=O) groups excluding carboxylic acids is 1. The number of carbonyl (C=O) groups is 1. The summed E-state index contributed by atoms with van der Waals surface area (Å²) in [5, 5.41) is 11.3. The van der Waals surface area contributed by atoms with Gasteiger partial charge in [-0.15, -0.1) is 10.2 Å². The molecule has 0 radical (unpaired) electrons. The van der Waals surface area contributed by atoms with E-state index in [2.05, 4.69) is 20.5 Å². The third kappa shape index (κ3) is 4.66. The molecule has 0 saturated carbocycles. The standard InChI is InChI=1S/C18H14F2N6O2S2/c19-10-1-4-12(5-2-10)28-8-15-24-25-18(26(15)21)29-9-16(27)23-17-22-13-6-3-11(20)7-14(13)30-17/h1-7H,8-9,21H2,(H,22,23,27). The maximum atomic E-state index is 13.3. The molecule has 0 aliphatic carbocycles. The zero-order valence-corrected chi connectivity index (χ0v) is 16.8. The van der Waals surface area contributed by atoms with Crippen molar-refractivity contribution in [2.75, 3.05) is 16.9 Å². The summed E-state index contributed by atoms with van der Waals surface area (Å²) in [6.45, 7) is 0.0319. The minimum absolute atomic E-state index is 0.0262. The smallest absolute Gasteiger partial charge is 0.236 e. The van der Waals surface area contributed by atoms with E-state index in [4.69, 9.17) is 10.6 Å². The number of benzene rings is 2. The summed E-state index contributed by atoms with van der Waals surface area (Å²) < 4.78 is 33.5. The van der Waals surface area contributed by atoms with Gasteiger partial charge in [0.1, 0.15) is 24.0 Å². The van der Waals surface area contributed by atoms with Crippen LogP contribution < -0.4 is 15.9 Å². The number of amides is 1. The van der Waals surface area contributed by atoms with Crippen LogP contribution in [0.5, 0.6) is 5.75 Å². The fourth-order valence-electron chi connectivity index (χ4n) is 2.42. The highest BCUT2D eigenvalue weighted by molar-refractivity contribution is 7.99. The average Bonchev–Trinajstić information content (AvgIpc) is 3.28. The lowest BCUT2D eigenvalue weighted by Gasteiger charge is -2.06.